The summed E-state index contributed by atoms with van der Waals surface area (Å²) in [5.41, 5.74) is 7.06. The van der Waals surface area contributed by atoms with Crippen LogP contribution in [-0.4, -0.2) is 168 Å². The molecule has 2 spiro atoms. The standard InChI is InChI=1S/C31H43NO6S.C27H35NO4S.C26H35NO2S.C25H33NO2S.C4H8O2.CH3O.K/c1-20-6-7-25(21(2)16-20)28(33)32(26-17-24(10-12-30(3,4)5)39-27(26)29(34)35)22-8-13-31(36,14-9-22)19-38-23-11-15-37-18-23;1-17-6-7-21(18(2)14-17)24(29)28(19-8-12-27(13-9-19)16-32-27)22-15-20(10-11-26(3,4)5)33-23(22)25(30)31;1-18-6-7-23(19(2)14-18)24(28)27(20-8-12-26(13-9-20)17-29-26)21-15-22(30-16-21)10-11-25(3,4)5;1-17-6-11-23(18(2)14-17)24(28)26(19-7-9-21(27)10-8-19)20-15-22(29-16-20)12-13-25(3,4)5;5-4-1-2-6-3-4;1-2;/h6,17,21-23,25,36H,7-9,11,13-16,18-19H2,1-5H3,(H,34,35);6,15,18-19,21H,7-9,12-14,16H2,1-5H3,(H,30,31);6,15-16,19-20,23H,7-9,12-14,17H2,1-5H3;6,15-16,18-19,23H,7-11,14H2,1-5H3;4-5H,1-3H2;1H3;/q;;;;;-1;+1/t21-,22?,23-,25-,31?;18-,19?,21-,27?;19-,20?,23-,26?;18-,23-;4-;;/m00001../s1. The molecule has 8 heterocycles. The van der Waals surface area contributed by atoms with Crippen LogP contribution in [0, 0.1) is 116 Å². The molecule has 4 aromatic rings. The van der Waals surface area contributed by atoms with Crippen LogP contribution in [0.5, 0.6) is 0 Å². The summed E-state index contributed by atoms with van der Waals surface area (Å²) in [4.78, 5) is 104. The molecule has 760 valence electrons. The molecule has 4 aromatic heterocycles. The van der Waals surface area contributed by atoms with Crippen molar-refractivity contribution in [2.75, 3.05) is 73.0 Å². The molecule has 140 heavy (non-hydrogen) atoms. The minimum Gasteiger partial charge on any atom is -0.857 e. The van der Waals surface area contributed by atoms with Crippen molar-refractivity contribution >= 4 is 109 Å². The normalized spacial score (nSPS) is 28.0. The summed E-state index contributed by atoms with van der Waals surface area (Å²) >= 11 is 5.56. The van der Waals surface area contributed by atoms with Gasteiger partial charge >= 0.3 is 63.3 Å². The van der Waals surface area contributed by atoms with Gasteiger partial charge in [-0.3, -0.25) is 24.0 Å². The third-order valence-electron chi connectivity index (χ3n) is 28.8. The van der Waals surface area contributed by atoms with E-state index in [4.69, 9.17) is 33.9 Å². The van der Waals surface area contributed by atoms with E-state index in [1.165, 1.54) is 33.6 Å². The number of hydrogen-bond donors (Lipinski definition) is 4. The topological polar surface area (TPSA) is 289 Å². The van der Waals surface area contributed by atoms with E-state index in [0.29, 0.717) is 116 Å². The quantitative estimate of drug-likeness (QED) is 0.0331. The number of carboxylic acids is 2. The molecular formula is C114H157KN4O17S4. The van der Waals surface area contributed by atoms with Gasteiger partial charge in [-0.2, -0.15) is 7.11 Å². The van der Waals surface area contributed by atoms with Crippen molar-refractivity contribution in [2.24, 2.45) is 69.0 Å². The zero-order valence-corrected chi connectivity index (χ0v) is 94.1. The van der Waals surface area contributed by atoms with E-state index in [9.17, 15) is 48.9 Å². The number of anilines is 4. The Hall–Kier alpha value is -6.19. The molecular weight excluding hydrogens is 1860 g/mol. The molecule has 16 rings (SSSR count). The Labute approximate surface area is 894 Å². The molecule has 0 radical (unpaired) electrons. The monoisotopic (exact) mass is 2020 g/mol. The number of nitrogens with zero attached hydrogens (tertiary/aromatic N) is 4. The van der Waals surface area contributed by atoms with Crippen molar-refractivity contribution in [3.63, 3.8) is 0 Å². The molecule has 0 aromatic carbocycles. The van der Waals surface area contributed by atoms with Gasteiger partial charge in [0, 0.05) is 106 Å². The minimum absolute atomic E-state index is 0. The Morgan fingerprint density at radius 3 is 1.04 bits per heavy atom. The Balaban J connectivity index is 0.000000187. The largest absolute Gasteiger partial charge is 1.00 e. The number of aliphatic hydroxyl groups excluding tert-OH is 1. The maximum absolute atomic E-state index is 14.2. The van der Waals surface area contributed by atoms with E-state index in [0.717, 1.165) is 175 Å². The van der Waals surface area contributed by atoms with Crippen LogP contribution in [0.4, 0.5) is 22.7 Å². The van der Waals surface area contributed by atoms with Crippen LogP contribution in [0.1, 0.15) is 344 Å². The van der Waals surface area contributed by atoms with Crippen LogP contribution in [0.2, 0.25) is 0 Å². The number of ether oxygens (including phenoxy) is 5. The second-order valence-electron chi connectivity index (χ2n) is 45.7. The van der Waals surface area contributed by atoms with Crippen molar-refractivity contribution < 1.29 is 134 Å². The number of allylic oxidation sites excluding steroid dienone is 8. The van der Waals surface area contributed by atoms with Crippen LogP contribution in [0.3, 0.4) is 0 Å². The molecule has 0 bridgehead atoms. The first kappa shape index (κ1) is 116. The number of rotatable bonds is 17. The maximum Gasteiger partial charge on any atom is 1.00 e. The fourth-order valence-corrected chi connectivity index (χ4v) is 23.7. The van der Waals surface area contributed by atoms with E-state index in [1.807, 2.05) is 57.4 Å². The van der Waals surface area contributed by atoms with Gasteiger partial charge in [-0.1, -0.05) is 122 Å². The van der Waals surface area contributed by atoms with Crippen LogP contribution >= 0.6 is 45.3 Å². The zero-order chi connectivity index (χ0) is 101. The van der Waals surface area contributed by atoms with Crippen LogP contribution < -0.4 is 76.1 Å². The third kappa shape index (κ3) is 33.4. The van der Waals surface area contributed by atoms with Gasteiger partial charge in [-0.25, -0.2) is 9.59 Å². The fourth-order valence-electron chi connectivity index (χ4n) is 20.6. The third-order valence-corrected chi connectivity index (χ3v) is 32.5. The predicted molar refractivity (Wildman–Crippen MR) is 558 cm³/mol. The summed E-state index contributed by atoms with van der Waals surface area (Å²) in [5.74, 6) is 25.6. The van der Waals surface area contributed by atoms with E-state index < -0.39 is 17.5 Å². The maximum atomic E-state index is 14.2. The van der Waals surface area contributed by atoms with Crippen LogP contribution in [0.15, 0.2) is 81.6 Å². The molecule has 21 nitrogen and oxygen atoms in total. The molecule has 0 unspecified atom stereocenters. The number of carbonyl (C=O) groups excluding carboxylic acids is 5. The smallest absolute Gasteiger partial charge is 0.857 e. The number of amides is 4. The summed E-state index contributed by atoms with van der Waals surface area (Å²) in [6.07, 6.45) is 29.6. The van der Waals surface area contributed by atoms with Gasteiger partial charge in [0.25, 0.3) is 0 Å². The van der Waals surface area contributed by atoms with Gasteiger partial charge in [-0.15, -0.1) is 45.3 Å². The van der Waals surface area contributed by atoms with Crippen molar-refractivity contribution in [2.45, 2.75) is 359 Å². The fraction of sp³-hybridized carbons (Fsp3) is 0.658. The Morgan fingerprint density at radius 1 is 0.450 bits per heavy atom. The minimum atomic E-state index is -1.05. The Kier molecular flexibility index (Phi) is 42.1. The molecule has 4 saturated carbocycles. The molecule has 12 aliphatic rings. The second kappa shape index (κ2) is 50.9. The number of aliphatic hydroxyl groups is 2. The van der Waals surface area contributed by atoms with Gasteiger partial charge in [0.1, 0.15) is 15.5 Å². The number of aromatic carboxylic acids is 2. The second-order valence-corrected chi connectivity index (χ2v) is 49.6. The first-order chi connectivity index (χ1) is 65.5. The van der Waals surface area contributed by atoms with Gasteiger partial charge in [0.2, 0.25) is 23.6 Å². The molecule has 4 N–H and O–H groups in total. The summed E-state index contributed by atoms with van der Waals surface area (Å²) in [6.45, 7) is 46.5. The first-order valence-corrected chi connectivity index (χ1v) is 54.3. The summed E-state index contributed by atoms with van der Waals surface area (Å²) < 4.78 is 27.5. The van der Waals surface area contributed by atoms with Gasteiger partial charge in [0.15, 0.2) is 0 Å². The molecule has 8 aliphatic carbocycles. The Bertz CT molecular complexity index is 5320. The summed E-state index contributed by atoms with van der Waals surface area (Å²) in [6, 6.07) is 7.97. The molecule has 26 heteroatoms. The molecule has 4 amide bonds. The average molecular weight is 2020 g/mol. The molecule has 8 fully saturated rings. The average Bonchev–Trinajstić information content (AvgIpc) is 1.62. The van der Waals surface area contributed by atoms with Gasteiger partial charge in [0.05, 0.1) is 104 Å². The number of hydrogen-bond acceptors (Lipinski definition) is 19. The summed E-state index contributed by atoms with van der Waals surface area (Å²) in [5, 5.41) is 52.5. The SMILES string of the molecule is CC1=CC[C@H](C(=O)N(c2cc(C#CC(C)(C)C)sc2C(=O)O)C2CCC(O)(CO[C@H]3CCOC3)CC2)[C@@H](C)C1.CC1=CC[C@H](C(=O)N(c2cc(C#CC(C)(C)C)sc2C(=O)O)C2CCC3(CC2)CO3)[C@@H](C)C1.CC1=CC[C@H](C(=O)N(c2csc(C#CC(C)(C)C)c2)C2CCC(=O)CC2)[C@@H](C)C1.CC1=CC[C@H](C(=O)N(c2csc(C#CC(C)(C)C)c2)C2CCC3(CC2)CO3)[C@@H](C)C1.C[O-].O[C@@H]1CCOC1.[K+]. The van der Waals surface area contributed by atoms with E-state index in [2.05, 4.69) is 196 Å². The summed E-state index contributed by atoms with van der Waals surface area (Å²) in [7, 11) is 0.750. The number of Topliss-reactive ketones (excluding diaryl/α,β-unsaturated/α-hetero) is 1. The molecule has 4 saturated heterocycles. The first-order valence-electron chi connectivity index (χ1n) is 50.9. The molecule has 4 aliphatic heterocycles. The predicted octanol–water partition coefficient (Wildman–Crippen LogP) is 19.4. The van der Waals surface area contributed by atoms with Crippen LogP contribution in [0.25, 0.3) is 0 Å². The van der Waals surface area contributed by atoms with E-state index in [-0.39, 0.29) is 190 Å². The van der Waals surface area contributed by atoms with Crippen molar-refractivity contribution in [1.82, 2.24) is 0 Å². The zero-order valence-electron chi connectivity index (χ0n) is 87.7. The number of ketones is 1. The number of carboxylic acid groups (broad SMARTS) is 2. The number of thiophene rings is 4. The van der Waals surface area contributed by atoms with E-state index in [1.54, 1.807) is 33.6 Å². The van der Waals surface area contributed by atoms with Crippen molar-refractivity contribution in [3.8, 4) is 47.4 Å². The van der Waals surface area contributed by atoms with Gasteiger partial charge < -0.3 is 68.8 Å². The number of epoxide rings is 2. The van der Waals surface area contributed by atoms with Crippen LogP contribution in [-0.2, 0) is 47.7 Å². The van der Waals surface area contributed by atoms with Gasteiger partial charge in [-0.05, 0) is 313 Å². The van der Waals surface area contributed by atoms with Crippen molar-refractivity contribution in [3.05, 3.63) is 111 Å². The molecule has 10 atom stereocenters. The van der Waals surface area contributed by atoms with E-state index >= 15 is 0 Å². The van der Waals surface area contributed by atoms with Crippen molar-refractivity contribution in [1.29, 1.82) is 0 Å². The number of carbonyl (C=O) groups is 7. The Morgan fingerprint density at radius 2 is 0.757 bits per heavy atom.